The summed E-state index contributed by atoms with van der Waals surface area (Å²) in [4.78, 5) is 13.1. The number of Topliss-reactive ketones (excluding diaryl/α,β-unsaturated/α-hetero) is 1. The monoisotopic (exact) mass is 155 g/mol. The highest BCUT2D eigenvalue weighted by Crippen LogP contribution is 2.23. The van der Waals surface area contributed by atoms with E-state index in [0.29, 0.717) is 17.9 Å². The van der Waals surface area contributed by atoms with Crippen molar-refractivity contribution >= 4 is 5.78 Å². The molecule has 2 nitrogen and oxygen atoms in total. The smallest absolute Gasteiger partial charge is 0.131 e. The molecule has 0 amide bonds. The third-order valence-corrected chi connectivity index (χ3v) is 2.71. The molecular weight excluding hydrogens is 138 g/mol. The average molecular weight is 155 g/mol. The molecule has 1 saturated heterocycles. The van der Waals surface area contributed by atoms with E-state index in [9.17, 15) is 4.79 Å². The molecule has 0 N–H and O–H groups in total. The van der Waals surface area contributed by atoms with Crippen molar-refractivity contribution in [3.05, 3.63) is 0 Å². The van der Waals surface area contributed by atoms with Gasteiger partial charge >= 0.3 is 0 Å². The molecule has 1 fully saturated rings. The summed E-state index contributed by atoms with van der Waals surface area (Å²) < 4.78 is 0. The van der Waals surface area contributed by atoms with Crippen LogP contribution in [0, 0.1) is 0 Å². The molecule has 2 unspecified atom stereocenters. The number of carbonyl (C=O) groups is 1. The van der Waals surface area contributed by atoms with Crippen LogP contribution in [0.3, 0.4) is 0 Å². The number of carbonyl (C=O) groups excluding carboxylic acids is 1. The normalized spacial score (nSPS) is 32.6. The fourth-order valence-electron chi connectivity index (χ4n) is 1.78. The van der Waals surface area contributed by atoms with E-state index < -0.39 is 0 Å². The Morgan fingerprint density at radius 1 is 1.55 bits per heavy atom. The summed E-state index contributed by atoms with van der Waals surface area (Å²) in [5.41, 5.74) is 0. The van der Waals surface area contributed by atoms with Crippen LogP contribution in [0.1, 0.15) is 33.1 Å². The van der Waals surface area contributed by atoms with E-state index in [1.54, 1.807) is 6.92 Å². The fraction of sp³-hybridized carbons (Fsp3) is 0.889. The van der Waals surface area contributed by atoms with Gasteiger partial charge in [-0.3, -0.25) is 4.79 Å². The van der Waals surface area contributed by atoms with Crippen molar-refractivity contribution in [3.8, 4) is 0 Å². The maximum Gasteiger partial charge on any atom is 0.131 e. The highest BCUT2D eigenvalue weighted by molar-refractivity contribution is 5.76. The molecule has 11 heavy (non-hydrogen) atoms. The van der Waals surface area contributed by atoms with Gasteiger partial charge in [-0.05, 0) is 33.7 Å². The Hall–Kier alpha value is -0.370. The molecule has 2 heteroatoms. The highest BCUT2D eigenvalue weighted by atomic mass is 16.1. The van der Waals surface area contributed by atoms with Crippen molar-refractivity contribution in [1.82, 2.24) is 4.90 Å². The van der Waals surface area contributed by atoms with E-state index >= 15 is 0 Å². The zero-order valence-electron chi connectivity index (χ0n) is 7.63. The summed E-state index contributed by atoms with van der Waals surface area (Å²) in [5, 5.41) is 0. The summed E-state index contributed by atoms with van der Waals surface area (Å²) >= 11 is 0. The lowest BCUT2D eigenvalue weighted by atomic mass is 10.1. The van der Waals surface area contributed by atoms with Gasteiger partial charge < -0.3 is 4.90 Å². The van der Waals surface area contributed by atoms with Gasteiger partial charge in [0, 0.05) is 18.5 Å². The maximum absolute atomic E-state index is 10.8. The van der Waals surface area contributed by atoms with Crippen LogP contribution >= 0.6 is 0 Å². The lowest BCUT2D eigenvalue weighted by molar-refractivity contribution is -0.118. The summed E-state index contributed by atoms with van der Waals surface area (Å²) in [6.45, 7) is 3.90. The van der Waals surface area contributed by atoms with Crippen LogP contribution in [-0.2, 0) is 4.79 Å². The Morgan fingerprint density at radius 3 is 2.55 bits per heavy atom. The second-order valence-electron chi connectivity index (χ2n) is 3.65. The van der Waals surface area contributed by atoms with Gasteiger partial charge in [0.1, 0.15) is 5.78 Å². The van der Waals surface area contributed by atoms with E-state index in [2.05, 4.69) is 18.9 Å². The minimum atomic E-state index is 0.316. The van der Waals surface area contributed by atoms with Gasteiger partial charge in [0.05, 0.1) is 0 Å². The Balaban J connectivity index is 2.42. The molecule has 0 bridgehead atoms. The van der Waals surface area contributed by atoms with Gasteiger partial charge in [-0.15, -0.1) is 0 Å². The highest BCUT2D eigenvalue weighted by Gasteiger charge is 2.27. The zero-order chi connectivity index (χ0) is 8.43. The number of nitrogens with zero attached hydrogens (tertiary/aromatic N) is 1. The van der Waals surface area contributed by atoms with Crippen LogP contribution in [0.5, 0.6) is 0 Å². The van der Waals surface area contributed by atoms with Crippen LogP contribution < -0.4 is 0 Å². The van der Waals surface area contributed by atoms with Gasteiger partial charge in [0.2, 0.25) is 0 Å². The number of rotatable bonds is 2. The number of likely N-dealkylation sites (tertiary alicyclic amines) is 1. The molecule has 0 aromatic heterocycles. The topological polar surface area (TPSA) is 20.3 Å². The van der Waals surface area contributed by atoms with Crippen LogP contribution in [-0.4, -0.2) is 29.8 Å². The molecule has 0 radical (unpaired) electrons. The summed E-state index contributed by atoms with van der Waals surface area (Å²) in [6, 6.07) is 1.18. The second kappa shape index (κ2) is 3.35. The van der Waals surface area contributed by atoms with E-state index in [0.717, 1.165) is 6.42 Å². The Kier molecular flexibility index (Phi) is 2.66. The van der Waals surface area contributed by atoms with Crippen LogP contribution in [0.25, 0.3) is 0 Å². The summed E-state index contributed by atoms with van der Waals surface area (Å²) in [6.07, 6.45) is 3.17. The first kappa shape index (κ1) is 8.72. The van der Waals surface area contributed by atoms with E-state index in [4.69, 9.17) is 0 Å². The van der Waals surface area contributed by atoms with Crippen molar-refractivity contribution in [3.63, 3.8) is 0 Å². The number of hydrogen-bond donors (Lipinski definition) is 0. The van der Waals surface area contributed by atoms with Crippen molar-refractivity contribution in [2.45, 2.75) is 45.2 Å². The van der Waals surface area contributed by atoms with Gasteiger partial charge in [0.15, 0.2) is 0 Å². The lowest BCUT2D eigenvalue weighted by Crippen LogP contribution is -2.31. The van der Waals surface area contributed by atoms with Crippen LogP contribution in [0.15, 0.2) is 0 Å². The molecule has 1 heterocycles. The maximum atomic E-state index is 10.8. The summed E-state index contributed by atoms with van der Waals surface area (Å²) in [7, 11) is 2.12. The Labute approximate surface area is 68.6 Å². The molecule has 0 spiro atoms. The molecule has 1 aliphatic rings. The quantitative estimate of drug-likeness (QED) is 0.601. The molecule has 0 saturated carbocycles. The standard InChI is InChI=1S/C9H17NO/c1-7-4-5-9(10(7)3)6-8(2)11/h7,9H,4-6H2,1-3H3. The number of hydrogen-bond acceptors (Lipinski definition) is 2. The van der Waals surface area contributed by atoms with Crippen LogP contribution in [0.4, 0.5) is 0 Å². The van der Waals surface area contributed by atoms with Gasteiger partial charge in [-0.1, -0.05) is 0 Å². The van der Waals surface area contributed by atoms with Gasteiger partial charge in [-0.25, -0.2) is 0 Å². The summed E-state index contributed by atoms with van der Waals surface area (Å²) in [5.74, 6) is 0.316. The second-order valence-corrected chi connectivity index (χ2v) is 3.65. The van der Waals surface area contributed by atoms with E-state index in [1.807, 2.05) is 0 Å². The first-order chi connectivity index (χ1) is 5.11. The molecule has 0 aromatic rings. The third kappa shape index (κ3) is 2.03. The first-order valence-electron chi connectivity index (χ1n) is 4.32. The van der Waals surface area contributed by atoms with Gasteiger partial charge in [-0.2, -0.15) is 0 Å². The van der Waals surface area contributed by atoms with Crippen molar-refractivity contribution in [2.24, 2.45) is 0 Å². The number of ketones is 1. The molecule has 1 rings (SSSR count). The third-order valence-electron chi connectivity index (χ3n) is 2.71. The molecule has 64 valence electrons. The fourth-order valence-corrected chi connectivity index (χ4v) is 1.78. The lowest BCUT2D eigenvalue weighted by Gasteiger charge is -2.21. The molecular formula is C9H17NO. The molecule has 1 aliphatic heterocycles. The Morgan fingerprint density at radius 2 is 2.18 bits per heavy atom. The predicted molar refractivity (Wildman–Crippen MR) is 45.5 cm³/mol. The van der Waals surface area contributed by atoms with E-state index in [1.165, 1.54) is 12.8 Å². The minimum absolute atomic E-state index is 0.316. The first-order valence-corrected chi connectivity index (χ1v) is 4.32. The molecule has 0 aromatic carbocycles. The molecule has 2 atom stereocenters. The zero-order valence-corrected chi connectivity index (χ0v) is 7.63. The van der Waals surface area contributed by atoms with Crippen molar-refractivity contribution in [1.29, 1.82) is 0 Å². The van der Waals surface area contributed by atoms with Gasteiger partial charge in [0.25, 0.3) is 0 Å². The largest absolute Gasteiger partial charge is 0.300 e. The van der Waals surface area contributed by atoms with Crippen LogP contribution in [0.2, 0.25) is 0 Å². The average Bonchev–Trinajstić information content (AvgIpc) is 2.18. The minimum Gasteiger partial charge on any atom is -0.300 e. The predicted octanol–water partition coefficient (Wildman–Crippen LogP) is 1.45. The molecule has 0 aliphatic carbocycles. The Bertz CT molecular complexity index is 156. The van der Waals surface area contributed by atoms with Crippen molar-refractivity contribution < 1.29 is 4.79 Å². The van der Waals surface area contributed by atoms with E-state index in [-0.39, 0.29) is 0 Å². The van der Waals surface area contributed by atoms with Crippen molar-refractivity contribution in [2.75, 3.05) is 7.05 Å². The SMILES string of the molecule is CC(=O)CC1CCC(C)N1C.